The summed E-state index contributed by atoms with van der Waals surface area (Å²) < 4.78 is 62.8. The van der Waals surface area contributed by atoms with Crippen molar-refractivity contribution in [3.05, 3.63) is 101 Å². The Morgan fingerprint density at radius 2 is 1.70 bits per heavy atom. The molecule has 4 aromatic rings. The largest absolute Gasteiger partial charge is 0.485 e. The van der Waals surface area contributed by atoms with Gasteiger partial charge >= 0.3 is 6.09 Å². The van der Waals surface area contributed by atoms with Gasteiger partial charge in [0.1, 0.15) is 23.9 Å². The number of nitrogens with zero attached hydrogens (tertiary/aromatic N) is 2. The van der Waals surface area contributed by atoms with Crippen LogP contribution in [0.5, 0.6) is 5.75 Å². The molecule has 8 nitrogen and oxygen atoms in total. The minimum absolute atomic E-state index is 0.0614. The van der Waals surface area contributed by atoms with E-state index in [0.717, 1.165) is 18.2 Å². The Bertz CT molecular complexity index is 1470. The van der Waals surface area contributed by atoms with E-state index in [2.05, 4.69) is 15.6 Å². The average molecular weight is 516 g/mol. The smallest absolute Gasteiger partial charge is 0.405 e. The van der Waals surface area contributed by atoms with Crippen LogP contribution in [0.4, 0.5) is 22.4 Å². The van der Waals surface area contributed by atoms with E-state index in [0.29, 0.717) is 0 Å². The highest BCUT2D eigenvalue weighted by atomic mass is 19.2. The molecule has 2 aromatic carbocycles. The molecule has 0 aliphatic carbocycles. The van der Waals surface area contributed by atoms with Crippen LogP contribution in [0.2, 0.25) is 0 Å². The molecular weight excluding hydrogens is 496 g/mol. The molecule has 3 N–H and O–H groups in total. The summed E-state index contributed by atoms with van der Waals surface area (Å²) in [6, 6.07) is 8.51. The first-order valence-electron chi connectivity index (χ1n) is 10.9. The van der Waals surface area contributed by atoms with Gasteiger partial charge in [0.05, 0.1) is 17.3 Å². The normalized spacial score (nSPS) is 11.8. The Balaban J connectivity index is 1.57. The Morgan fingerprint density at radius 1 is 1.03 bits per heavy atom. The van der Waals surface area contributed by atoms with Gasteiger partial charge in [-0.15, -0.1) is 0 Å². The predicted molar refractivity (Wildman–Crippen MR) is 123 cm³/mol. The maximum absolute atomic E-state index is 14.3. The number of aromatic nitrogens is 2. The van der Waals surface area contributed by atoms with E-state index in [1.807, 2.05) is 0 Å². The molecule has 192 valence electrons. The van der Waals surface area contributed by atoms with Gasteiger partial charge in [-0.25, -0.2) is 27.3 Å². The van der Waals surface area contributed by atoms with Crippen molar-refractivity contribution in [1.29, 1.82) is 0 Å². The third-order valence-corrected chi connectivity index (χ3v) is 5.56. The third kappa shape index (κ3) is 5.32. The standard InChI is InChI=1S/C25H20F4N4O4/c1-13-22(24(34)30-11-19(32-25(35)36)14-5-2-8-18(28)21(14)29)33-10-4-9-20(23(33)31-13)37-12-15-16(26)6-3-7-17(15)27/h2-10,19,32H,11-12H2,1H3,(H,30,34)(H,35,36). The van der Waals surface area contributed by atoms with Crippen molar-refractivity contribution < 1.29 is 37.0 Å². The number of hydrogen-bond donors (Lipinski definition) is 3. The molecule has 0 saturated heterocycles. The van der Waals surface area contributed by atoms with Gasteiger partial charge < -0.3 is 20.5 Å². The molecule has 2 heterocycles. The second kappa shape index (κ2) is 10.6. The van der Waals surface area contributed by atoms with Gasteiger partial charge in [0.15, 0.2) is 23.0 Å². The third-order valence-electron chi connectivity index (χ3n) is 5.56. The number of rotatable bonds is 8. The summed E-state index contributed by atoms with van der Waals surface area (Å²) in [6.07, 6.45) is 0.0157. The van der Waals surface area contributed by atoms with Crippen LogP contribution in [0.3, 0.4) is 0 Å². The fourth-order valence-electron chi connectivity index (χ4n) is 3.82. The fraction of sp³-hybridized carbons (Fsp3) is 0.160. The minimum atomic E-state index is -1.50. The maximum atomic E-state index is 14.3. The van der Waals surface area contributed by atoms with E-state index >= 15 is 0 Å². The zero-order valence-electron chi connectivity index (χ0n) is 19.3. The highest BCUT2D eigenvalue weighted by Gasteiger charge is 2.24. The van der Waals surface area contributed by atoms with Crippen molar-refractivity contribution >= 4 is 17.6 Å². The summed E-state index contributed by atoms with van der Waals surface area (Å²) in [5.41, 5.74) is -0.0316. The van der Waals surface area contributed by atoms with Crippen LogP contribution in [0, 0.1) is 30.2 Å². The molecule has 2 aromatic heterocycles. The summed E-state index contributed by atoms with van der Waals surface area (Å²) in [5, 5.41) is 13.7. The van der Waals surface area contributed by atoms with Gasteiger partial charge in [-0.1, -0.05) is 18.2 Å². The molecular formula is C25H20F4N4O4. The van der Waals surface area contributed by atoms with E-state index in [1.165, 1.54) is 40.9 Å². The SMILES string of the molecule is Cc1nc2c(OCc3c(F)cccc3F)cccn2c1C(=O)NCC(NC(=O)O)c1cccc(F)c1F. The molecule has 12 heteroatoms. The van der Waals surface area contributed by atoms with Crippen molar-refractivity contribution in [2.24, 2.45) is 0 Å². The van der Waals surface area contributed by atoms with Crippen molar-refractivity contribution in [3.63, 3.8) is 0 Å². The first-order valence-corrected chi connectivity index (χ1v) is 10.9. The second-order valence-corrected chi connectivity index (χ2v) is 7.96. The van der Waals surface area contributed by atoms with E-state index in [9.17, 15) is 27.2 Å². The molecule has 0 spiro atoms. The number of aryl methyl sites for hydroxylation is 1. The summed E-state index contributed by atoms with van der Waals surface area (Å²) in [7, 11) is 0. The Hall–Kier alpha value is -4.61. The molecule has 1 unspecified atom stereocenters. The minimum Gasteiger partial charge on any atom is -0.485 e. The molecule has 0 saturated carbocycles. The van der Waals surface area contributed by atoms with Gasteiger partial charge in [-0.05, 0) is 37.3 Å². The molecule has 0 radical (unpaired) electrons. The Kier molecular flexibility index (Phi) is 7.27. The predicted octanol–water partition coefficient (Wildman–Crippen LogP) is 4.52. The second-order valence-electron chi connectivity index (χ2n) is 7.96. The van der Waals surface area contributed by atoms with Gasteiger partial charge in [0, 0.05) is 18.3 Å². The van der Waals surface area contributed by atoms with Crippen LogP contribution in [0.15, 0.2) is 54.7 Å². The highest BCUT2D eigenvalue weighted by molar-refractivity contribution is 5.95. The molecule has 0 fully saturated rings. The van der Waals surface area contributed by atoms with Crippen LogP contribution in [-0.2, 0) is 6.61 Å². The van der Waals surface area contributed by atoms with Gasteiger partial charge in [-0.2, -0.15) is 0 Å². The van der Waals surface area contributed by atoms with E-state index < -0.39 is 54.5 Å². The van der Waals surface area contributed by atoms with Crippen LogP contribution in [0.1, 0.15) is 33.4 Å². The lowest BCUT2D eigenvalue weighted by Gasteiger charge is -2.19. The lowest BCUT2D eigenvalue weighted by Crippen LogP contribution is -2.38. The molecule has 2 amide bonds. The monoisotopic (exact) mass is 516 g/mol. The summed E-state index contributed by atoms with van der Waals surface area (Å²) >= 11 is 0. The number of halogens is 4. The van der Waals surface area contributed by atoms with Gasteiger partial charge in [-0.3, -0.25) is 9.20 Å². The lowest BCUT2D eigenvalue weighted by atomic mass is 10.1. The fourth-order valence-corrected chi connectivity index (χ4v) is 3.82. The van der Waals surface area contributed by atoms with Gasteiger partial charge in [0.25, 0.3) is 5.91 Å². The maximum Gasteiger partial charge on any atom is 0.405 e. The first-order chi connectivity index (χ1) is 17.7. The quantitative estimate of drug-likeness (QED) is 0.299. The number of carbonyl (C=O) groups is 2. The number of hydrogen-bond acceptors (Lipinski definition) is 4. The zero-order chi connectivity index (χ0) is 26.7. The number of amides is 2. The number of pyridine rings is 1. The van der Waals surface area contributed by atoms with Gasteiger partial charge in [0.2, 0.25) is 0 Å². The number of ether oxygens (including phenoxy) is 1. The Labute approximate surface area is 207 Å². The Morgan fingerprint density at radius 3 is 2.41 bits per heavy atom. The highest BCUT2D eigenvalue weighted by Crippen LogP contribution is 2.25. The van der Waals surface area contributed by atoms with Crippen molar-refractivity contribution in [1.82, 2.24) is 20.0 Å². The van der Waals surface area contributed by atoms with Crippen LogP contribution in [-0.4, -0.2) is 33.0 Å². The molecule has 1 atom stereocenters. The number of imidazole rings is 1. The molecule has 0 aliphatic heterocycles. The van der Waals surface area contributed by atoms with Crippen LogP contribution < -0.4 is 15.4 Å². The molecule has 37 heavy (non-hydrogen) atoms. The van der Waals surface area contributed by atoms with Crippen molar-refractivity contribution in [3.8, 4) is 5.75 Å². The van der Waals surface area contributed by atoms with E-state index in [1.54, 1.807) is 6.92 Å². The van der Waals surface area contributed by atoms with E-state index in [-0.39, 0.29) is 33.9 Å². The van der Waals surface area contributed by atoms with Crippen molar-refractivity contribution in [2.75, 3.05) is 6.54 Å². The molecule has 4 rings (SSSR count). The van der Waals surface area contributed by atoms with Crippen LogP contribution in [0.25, 0.3) is 5.65 Å². The number of carboxylic acid groups (broad SMARTS) is 1. The summed E-state index contributed by atoms with van der Waals surface area (Å²) in [5.74, 6) is -4.48. The van der Waals surface area contributed by atoms with E-state index in [4.69, 9.17) is 9.84 Å². The topological polar surface area (TPSA) is 105 Å². The van der Waals surface area contributed by atoms with Crippen molar-refractivity contribution in [2.45, 2.75) is 19.6 Å². The number of nitrogens with one attached hydrogen (secondary N) is 2. The molecule has 0 aliphatic rings. The average Bonchev–Trinajstić information content (AvgIpc) is 3.19. The number of fused-ring (bicyclic) bond motifs is 1. The van der Waals surface area contributed by atoms with Crippen LogP contribution >= 0.6 is 0 Å². The summed E-state index contributed by atoms with van der Waals surface area (Å²) in [4.78, 5) is 28.6. The number of benzene rings is 2. The zero-order valence-corrected chi connectivity index (χ0v) is 19.3. The first kappa shape index (κ1) is 25.5. The summed E-state index contributed by atoms with van der Waals surface area (Å²) in [6.45, 7) is 0.718. The molecule has 0 bridgehead atoms. The lowest BCUT2D eigenvalue weighted by molar-refractivity contribution is 0.0941. The number of carbonyl (C=O) groups excluding carboxylic acids is 1.